The van der Waals surface area contributed by atoms with Gasteiger partial charge in [-0.2, -0.15) is 0 Å². The first kappa shape index (κ1) is 16.9. The average molecular weight is 364 g/mol. The number of aryl methyl sites for hydroxylation is 2. The van der Waals surface area contributed by atoms with Crippen molar-refractivity contribution in [1.82, 2.24) is 10.3 Å². The summed E-state index contributed by atoms with van der Waals surface area (Å²) in [5.41, 5.74) is 1.44. The summed E-state index contributed by atoms with van der Waals surface area (Å²) in [5, 5.41) is 6.41. The lowest BCUT2D eigenvalue weighted by Gasteiger charge is -2.13. The van der Waals surface area contributed by atoms with Gasteiger partial charge in [-0.15, -0.1) is 11.3 Å². The molecule has 1 aromatic carbocycles. The summed E-state index contributed by atoms with van der Waals surface area (Å²) < 4.78 is 0. The minimum atomic E-state index is -0.685. The number of carbonyl (C=O) groups is 2. The minimum Gasteiger partial charge on any atom is -0.340 e. The topological polar surface area (TPSA) is 71.1 Å². The average Bonchev–Trinajstić information content (AvgIpc) is 2.97. The zero-order valence-corrected chi connectivity index (χ0v) is 14.8. The van der Waals surface area contributed by atoms with E-state index in [1.807, 2.05) is 0 Å². The van der Waals surface area contributed by atoms with Crippen LogP contribution in [0.2, 0.25) is 5.02 Å². The van der Waals surface area contributed by atoms with Crippen LogP contribution in [0.5, 0.6) is 0 Å². The summed E-state index contributed by atoms with van der Waals surface area (Å²) in [6.07, 6.45) is 4.32. The molecule has 7 heteroatoms. The number of fused-ring (bicyclic) bond motifs is 1. The summed E-state index contributed by atoms with van der Waals surface area (Å²) in [7, 11) is 0. The SMILES string of the molecule is CC(NC(=O)c1ccccc1Cl)C(=O)Nc1nc2c(s1)CCCC2. The van der Waals surface area contributed by atoms with Gasteiger partial charge in [0.05, 0.1) is 16.3 Å². The number of anilines is 1. The van der Waals surface area contributed by atoms with E-state index < -0.39 is 6.04 Å². The van der Waals surface area contributed by atoms with Crippen LogP contribution >= 0.6 is 22.9 Å². The lowest BCUT2D eigenvalue weighted by Crippen LogP contribution is -2.41. The van der Waals surface area contributed by atoms with Crippen molar-refractivity contribution in [2.24, 2.45) is 0 Å². The number of thiazole rings is 1. The maximum Gasteiger partial charge on any atom is 0.253 e. The smallest absolute Gasteiger partial charge is 0.253 e. The molecule has 0 bridgehead atoms. The van der Waals surface area contributed by atoms with Crippen LogP contribution in [0.15, 0.2) is 24.3 Å². The number of carbonyl (C=O) groups excluding carboxylic acids is 2. The van der Waals surface area contributed by atoms with Gasteiger partial charge in [0.1, 0.15) is 6.04 Å². The van der Waals surface area contributed by atoms with Crippen molar-refractivity contribution >= 4 is 39.9 Å². The lowest BCUT2D eigenvalue weighted by molar-refractivity contribution is -0.117. The van der Waals surface area contributed by atoms with E-state index in [2.05, 4.69) is 15.6 Å². The maximum atomic E-state index is 12.3. The van der Waals surface area contributed by atoms with E-state index in [0.29, 0.717) is 15.7 Å². The molecule has 2 N–H and O–H groups in total. The van der Waals surface area contributed by atoms with Gasteiger partial charge in [0.15, 0.2) is 5.13 Å². The van der Waals surface area contributed by atoms with E-state index in [1.54, 1.807) is 31.2 Å². The molecule has 3 rings (SSSR count). The van der Waals surface area contributed by atoms with Crippen molar-refractivity contribution in [3.05, 3.63) is 45.4 Å². The second-order valence-electron chi connectivity index (χ2n) is 5.76. The first-order valence-corrected chi connectivity index (χ1v) is 9.09. The minimum absolute atomic E-state index is 0.290. The maximum absolute atomic E-state index is 12.3. The van der Waals surface area contributed by atoms with E-state index in [0.717, 1.165) is 25.0 Å². The highest BCUT2D eigenvalue weighted by Crippen LogP contribution is 2.29. The number of hydrogen-bond donors (Lipinski definition) is 2. The fraction of sp³-hybridized carbons (Fsp3) is 0.353. The van der Waals surface area contributed by atoms with Gasteiger partial charge in [0.25, 0.3) is 5.91 Å². The number of nitrogens with zero attached hydrogens (tertiary/aromatic N) is 1. The molecule has 126 valence electrons. The zero-order chi connectivity index (χ0) is 17.1. The van der Waals surface area contributed by atoms with E-state index in [-0.39, 0.29) is 11.8 Å². The van der Waals surface area contributed by atoms with Gasteiger partial charge in [-0.1, -0.05) is 23.7 Å². The quantitative estimate of drug-likeness (QED) is 0.874. The Hall–Kier alpha value is -1.92. The Kier molecular flexibility index (Phi) is 5.16. The molecule has 1 heterocycles. The standard InChI is InChI=1S/C17H18ClN3O2S/c1-10(19-16(23)11-6-2-3-7-12(11)18)15(22)21-17-20-13-8-4-5-9-14(13)24-17/h2-3,6-7,10H,4-5,8-9H2,1H3,(H,19,23)(H,20,21,22). The largest absolute Gasteiger partial charge is 0.340 e. The lowest BCUT2D eigenvalue weighted by atomic mass is 10.0. The Morgan fingerprint density at radius 3 is 2.75 bits per heavy atom. The molecule has 1 atom stereocenters. The fourth-order valence-electron chi connectivity index (χ4n) is 2.60. The molecular weight excluding hydrogens is 346 g/mol. The Balaban J connectivity index is 1.61. The van der Waals surface area contributed by atoms with Crippen LogP contribution in [0, 0.1) is 0 Å². The highest BCUT2D eigenvalue weighted by Gasteiger charge is 2.21. The van der Waals surface area contributed by atoms with Crippen molar-refractivity contribution < 1.29 is 9.59 Å². The predicted octanol–water partition coefficient (Wildman–Crippen LogP) is 3.43. The number of hydrogen-bond acceptors (Lipinski definition) is 4. The molecule has 5 nitrogen and oxygen atoms in total. The van der Waals surface area contributed by atoms with Crippen LogP contribution < -0.4 is 10.6 Å². The van der Waals surface area contributed by atoms with E-state index >= 15 is 0 Å². The molecule has 0 fully saturated rings. The van der Waals surface area contributed by atoms with Gasteiger partial charge < -0.3 is 10.6 Å². The highest BCUT2D eigenvalue weighted by molar-refractivity contribution is 7.15. The molecule has 24 heavy (non-hydrogen) atoms. The van der Waals surface area contributed by atoms with Gasteiger partial charge in [-0.25, -0.2) is 4.98 Å². The Labute approximate surface area is 149 Å². The zero-order valence-electron chi connectivity index (χ0n) is 13.3. The van der Waals surface area contributed by atoms with Crippen molar-refractivity contribution in [1.29, 1.82) is 0 Å². The van der Waals surface area contributed by atoms with Gasteiger partial charge in [0.2, 0.25) is 5.91 Å². The predicted molar refractivity (Wildman–Crippen MR) is 95.8 cm³/mol. The Morgan fingerprint density at radius 1 is 1.25 bits per heavy atom. The van der Waals surface area contributed by atoms with Crippen LogP contribution in [0.1, 0.15) is 40.7 Å². The molecule has 0 radical (unpaired) electrons. The number of aromatic nitrogens is 1. The first-order chi connectivity index (χ1) is 11.5. The monoisotopic (exact) mass is 363 g/mol. The number of amides is 2. The van der Waals surface area contributed by atoms with Crippen LogP contribution in [0.25, 0.3) is 0 Å². The summed E-state index contributed by atoms with van der Waals surface area (Å²) in [6.45, 7) is 1.64. The number of rotatable bonds is 4. The van der Waals surface area contributed by atoms with Crippen LogP contribution in [-0.4, -0.2) is 22.8 Å². The van der Waals surface area contributed by atoms with Crippen LogP contribution in [0.4, 0.5) is 5.13 Å². The number of benzene rings is 1. The Bertz CT molecular complexity index is 751. The molecule has 0 aliphatic heterocycles. The van der Waals surface area contributed by atoms with Crippen molar-refractivity contribution in [2.45, 2.75) is 38.6 Å². The molecule has 1 aromatic heterocycles. The van der Waals surface area contributed by atoms with E-state index in [4.69, 9.17) is 11.6 Å². The van der Waals surface area contributed by atoms with Gasteiger partial charge in [0, 0.05) is 4.88 Å². The summed E-state index contributed by atoms with van der Waals surface area (Å²) in [4.78, 5) is 30.2. The van der Waals surface area contributed by atoms with Crippen LogP contribution in [-0.2, 0) is 17.6 Å². The van der Waals surface area contributed by atoms with Gasteiger partial charge in [-0.3, -0.25) is 9.59 Å². The van der Waals surface area contributed by atoms with Gasteiger partial charge in [-0.05, 0) is 44.7 Å². The van der Waals surface area contributed by atoms with Crippen LogP contribution in [0.3, 0.4) is 0 Å². The van der Waals surface area contributed by atoms with Crippen molar-refractivity contribution in [3.63, 3.8) is 0 Å². The second kappa shape index (κ2) is 7.32. The summed E-state index contributed by atoms with van der Waals surface area (Å²) in [6, 6.07) is 6.05. The molecule has 1 unspecified atom stereocenters. The number of nitrogens with one attached hydrogen (secondary N) is 2. The highest BCUT2D eigenvalue weighted by atomic mass is 35.5. The second-order valence-corrected chi connectivity index (χ2v) is 7.25. The summed E-state index contributed by atoms with van der Waals surface area (Å²) in [5.74, 6) is -0.664. The molecule has 1 aliphatic rings. The normalized spacial score (nSPS) is 14.6. The summed E-state index contributed by atoms with van der Waals surface area (Å²) >= 11 is 7.52. The first-order valence-electron chi connectivity index (χ1n) is 7.89. The molecule has 0 saturated carbocycles. The third-order valence-corrected chi connectivity index (χ3v) is 5.34. The fourth-order valence-corrected chi connectivity index (χ4v) is 3.88. The number of halogens is 1. The molecule has 0 saturated heterocycles. The van der Waals surface area contributed by atoms with Crippen molar-refractivity contribution in [3.8, 4) is 0 Å². The third kappa shape index (κ3) is 3.76. The Morgan fingerprint density at radius 2 is 2.00 bits per heavy atom. The molecule has 1 aliphatic carbocycles. The molecule has 0 spiro atoms. The molecular formula is C17H18ClN3O2S. The van der Waals surface area contributed by atoms with Gasteiger partial charge >= 0.3 is 0 Å². The van der Waals surface area contributed by atoms with Crippen molar-refractivity contribution in [2.75, 3.05) is 5.32 Å². The van der Waals surface area contributed by atoms with E-state index in [1.165, 1.54) is 22.6 Å². The third-order valence-electron chi connectivity index (χ3n) is 3.94. The molecule has 2 aromatic rings. The molecule has 2 amide bonds. The van der Waals surface area contributed by atoms with E-state index in [9.17, 15) is 9.59 Å².